The van der Waals surface area contributed by atoms with Crippen molar-refractivity contribution in [2.24, 2.45) is 0 Å². The molecule has 3 aromatic rings. The molecule has 3 heterocycles. The van der Waals surface area contributed by atoms with E-state index in [9.17, 15) is 4.79 Å². The SMILES string of the molecule is CCCCCCCCCCCCCCCCNC1CCC(NC(=O)c2c[nH]c3c(-c4c(OCCOC)ccc5c4OCO5)ncnc23)CC1. The minimum Gasteiger partial charge on any atom is -0.490 e. The van der Waals surface area contributed by atoms with Crippen molar-refractivity contribution in [1.82, 2.24) is 25.6 Å². The molecule has 0 atom stereocenters. The third kappa shape index (κ3) is 10.8. The van der Waals surface area contributed by atoms with Crippen LogP contribution in [0.2, 0.25) is 0 Å². The molecule has 0 bridgehead atoms. The molecule has 3 N–H and O–H groups in total. The summed E-state index contributed by atoms with van der Waals surface area (Å²) in [5, 5.41) is 7.05. The van der Waals surface area contributed by atoms with Crippen molar-refractivity contribution < 1.29 is 23.7 Å². The largest absolute Gasteiger partial charge is 0.490 e. The molecule has 2 aliphatic rings. The van der Waals surface area contributed by atoms with Crippen molar-refractivity contribution >= 4 is 16.9 Å². The van der Waals surface area contributed by atoms with Crippen LogP contribution in [0.1, 0.15) is 133 Å². The summed E-state index contributed by atoms with van der Waals surface area (Å²) in [6, 6.07) is 4.36. The molecule has 0 saturated heterocycles. The highest BCUT2D eigenvalue weighted by molar-refractivity contribution is 6.08. The summed E-state index contributed by atoms with van der Waals surface area (Å²) >= 11 is 0. The lowest BCUT2D eigenvalue weighted by atomic mass is 9.91. The first-order valence-corrected chi connectivity index (χ1v) is 19.1. The first-order valence-electron chi connectivity index (χ1n) is 19.1. The van der Waals surface area contributed by atoms with E-state index >= 15 is 0 Å². The quantitative estimate of drug-likeness (QED) is 0.0855. The molecule has 10 nitrogen and oxygen atoms in total. The van der Waals surface area contributed by atoms with E-state index in [0.29, 0.717) is 64.4 Å². The summed E-state index contributed by atoms with van der Waals surface area (Å²) in [5.41, 5.74) is 2.95. The number of aromatic amines is 1. The van der Waals surface area contributed by atoms with Gasteiger partial charge in [-0.2, -0.15) is 0 Å². The third-order valence-corrected chi connectivity index (χ3v) is 10.0. The minimum atomic E-state index is -0.121. The second-order valence-electron chi connectivity index (χ2n) is 13.7. The number of H-pyrrole nitrogens is 1. The topological polar surface area (TPSA) is 120 Å². The molecule has 10 heteroatoms. The summed E-state index contributed by atoms with van der Waals surface area (Å²) in [7, 11) is 1.63. The van der Waals surface area contributed by atoms with Crippen LogP contribution in [0.4, 0.5) is 0 Å². The molecular formula is C39H59N5O5. The zero-order valence-corrected chi connectivity index (χ0v) is 30.0. The Balaban J connectivity index is 1.01. The third-order valence-electron chi connectivity index (χ3n) is 10.0. The van der Waals surface area contributed by atoms with Gasteiger partial charge in [-0.3, -0.25) is 4.79 Å². The molecule has 1 amide bonds. The summed E-state index contributed by atoms with van der Waals surface area (Å²) < 4.78 is 22.6. The van der Waals surface area contributed by atoms with Crippen molar-refractivity contribution in [2.45, 2.75) is 135 Å². The van der Waals surface area contributed by atoms with Gasteiger partial charge in [0.1, 0.15) is 29.9 Å². The number of unbranched alkanes of at least 4 members (excludes halogenated alkanes) is 13. The van der Waals surface area contributed by atoms with Gasteiger partial charge in [-0.25, -0.2) is 9.97 Å². The fraction of sp³-hybridized carbons (Fsp3) is 0.667. The van der Waals surface area contributed by atoms with Gasteiger partial charge in [0.25, 0.3) is 5.91 Å². The Bertz CT molecular complexity index is 1420. The molecule has 49 heavy (non-hydrogen) atoms. The van der Waals surface area contributed by atoms with Crippen LogP contribution in [0.25, 0.3) is 22.3 Å². The number of benzene rings is 1. The van der Waals surface area contributed by atoms with Crippen LogP contribution in [0, 0.1) is 0 Å². The minimum absolute atomic E-state index is 0.119. The molecule has 0 unspecified atom stereocenters. The molecule has 1 aliphatic carbocycles. The number of rotatable bonds is 23. The maximum absolute atomic E-state index is 13.5. The second kappa shape index (κ2) is 20.3. The van der Waals surface area contributed by atoms with Crippen molar-refractivity contribution in [3.63, 3.8) is 0 Å². The molecule has 1 saturated carbocycles. The number of hydrogen-bond donors (Lipinski definition) is 3. The Kier molecular flexibility index (Phi) is 15.3. The number of hydrogen-bond acceptors (Lipinski definition) is 8. The van der Waals surface area contributed by atoms with Crippen LogP contribution in [0.15, 0.2) is 24.7 Å². The maximum Gasteiger partial charge on any atom is 0.255 e. The van der Waals surface area contributed by atoms with E-state index in [1.165, 1.54) is 96.2 Å². The van der Waals surface area contributed by atoms with Gasteiger partial charge in [-0.05, 0) is 50.8 Å². The number of ether oxygens (including phenoxy) is 4. The first-order chi connectivity index (χ1) is 24.2. The number of fused-ring (bicyclic) bond motifs is 2. The highest BCUT2D eigenvalue weighted by Crippen LogP contribution is 2.47. The number of nitrogens with one attached hydrogen (secondary N) is 3. The van der Waals surface area contributed by atoms with Gasteiger partial charge < -0.3 is 34.6 Å². The lowest BCUT2D eigenvalue weighted by Gasteiger charge is -2.29. The summed E-state index contributed by atoms with van der Waals surface area (Å²) in [6.45, 7) is 4.31. The number of carbonyl (C=O) groups excluding carboxylic acids is 1. The monoisotopic (exact) mass is 677 g/mol. The number of nitrogens with zero attached hydrogens (tertiary/aromatic N) is 2. The lowest BCUT2D eigenvalue weighted by Crippen LogP contribution is -2.42. The molecule has 1 fully saturated rings. The molecule has 0 spiro atoms. The van der Waals surface area contributed by atoms with Crippen LogP contribution in [0.5, 0.6) is 17.2 Å². The maximum atomic E-state index is 13.5. The Hall–Kier alpha value is -3.37. The Morgan fingerprint density at radius 1 is 0.857 bits per heavy atom. The van der Waals surface area contributed by atoms with Crippen molar-refractivity contribution in [3.8, 4) is 28.5 Å². The zero-order chi connectivity index (χ0) is 34.1. The van der Waals surface area contributed by atoms with E-state index in [-0.39, 0.29) is 18.7 Å². The normalized spacial score (nSPS) is 17.1. The van der Waals surface area contributed by atoms with E-state index in [1.807, 2.05) is 12.1 Å². The van der Waals surface area contributed by atoms with Crippen LogP contribution in [0.3, 0.4) is 0 Å². The van der Waals surface area contributed by atoms with Crippen LogP contribution in [-0.2, 0) is 4.74 Å². The Morgan fingerprint density at radius 3 is 2.22 bits per heavy atom. The summed E-state index contributed by atoms with van der Waals surface area (Å²) in [6.07, 6.45) is 26.7. The van der Waals surface area contributed by atoms with Gasteiger partial charge in [-0.1, -0.05) is 90.4 Å². The Morgan fingerprint density at radius 2 is 1.53 bits per heavy atom. The van der Waals surface area contributed by atoms with Crippen molar-refractivity contribution in [2.75, 3.05) is 33.7 Å². The first kappa shape index (κ1) is 36.9. The molecule has 270 valence electrons. The van der Waals surface area contributed by atoms with Crippen molar-refractivity contribution in [1.29, 1.82) is 0 Å². The van der Waals surface area contributed by atoms with Gasteiger partial charge in [0.05, 0.1) is 23.3 Å². The van der Waals surface area contributed by atoms with Gasteiger partial charge in [-0.15, -0.1) is 0 Å². The van der Waals surface area contributed by atoms with E-state index in [1.54, 1.807) is 13.3 Å². The second-order valence-corrected chi connectivity index (χ2v) is 13.7. The number of carbonyl (C=O) groups is 1. The average molecular weight is 678 g/mol. The predicted octanol–water partition coefficient (Wildman–Crippen LogP) is 8.49. The number of aromatic nitrogens is 3. The summed E-state index contributed by atoms with van der Waals surface area (Å²) in [4.78, 5) is 25.8. The van der Waals surface area contributed by atoms with Gasteiger partial charge in [0.15, 0.2) is 11.5 Å². The van der Waals surface area contributed by atoms with Crippen LogP contribution >= 0.6 is 0 Å². The molecule has 1 aliphatic heterocycles. The smallest absolute Gasteiger partial charge is 0.255 e. The predicted molar refractivity (Wildman–Crippen MR) is 195 cm³/mol. The van der Waals surface area contributed by atoms with E-state index in [4.69, 9.17) is 18.9 Å². The number of methoxy groups -OCH3 is 1. The molecular weight excluding hydrogens is 618 g/mol. The van der Waals surface area contributed by atoms with Crippen molar-refractivity contribution in [3.05, 3.63) is 30.2 Å². The van der Waals surface area contributed by atoms with Gasteiger partial charge in [0.2, 0.25) is 6.79 Å². The van der Waals surface area contributed by atoms with E-state index in [2.05, 4.69) is 32.5 Å². The molecule has 1 aromatic carbocycles. The standard InChI is InChI=1S/C39H59N5O5/c1-3-4-5-6-7-8-9-10-11-12-13-14-15-16-23-40-29-17-19-30(20-18-29)44-39(45)31-26-41-37-35(31)42-27-43-36(37)34-32(47-25-24-46-2)21-22-33-38(34)49-28-48-33/h21-22,26-27,29-30,40-41H,3-20,23-25,28H2,1-2H3,(H,44,45). The van der Waals surface area contributed by atoms with Gasteiger partial charge >= 0.3 is 0 Å². The number of amides is 1. The van der Waals surface area contributed by atoms with E-state index in [0.717, 1.165) is 32.2 Å². The highest BCUT2D eigenvalue weighted by atomic mass is 16.7. The highest BCUT2D eigenvalue weighted by Gasteiger charge is 2.28. The molecule has 0 radical (unpaired) electrons. The fourth-order valence-corrected chi connectivity index (χ4v) is 7.17. The molecule has 5 rings (SSSR count). The Labute approximate surface area is 292 Å². The molecule has 2 aromatic heterocycles. The zero-order valence-electron chi connectivity index (χ0n) is 30.0. The average Bonchev–Trinajstić information content (AvgIpc) is 3.79. The lowest BCUT2D eigenvalue weighted by molar-refractivity contribution is 0.0925. The fourth-order valence-electron chi connectivity index (χ4n) is 7.17. The summed E-state index contributed by atoms with van der Waals surface area (Å²) in [5.74, 6) is 1.65. The van der Waals surface area contributed by atoms with Crippen LogP contribution < -0.4 is 24.8 Å². The van der Waals surface area contributed by atoms with E-state index < -0.39 is 0 Å². The van der Waals surface area contributed by atoms with Gasteiger partial charge in [0, 0.05) is 25.4 Å². The van der Waals surface area contributed by atoms with Crippen LogP contribution in [-0.4, -0.2) is 66.6 Å².